The molecule has 1 heterocycles. The summed E-state index contributed by atoms with van der Waals surface area (Å²) in [5, 5.41) is 0. The molecule has 2 nitrogen and oxygen atoms in total. The van der Waals surface area contributed by atoms with E-state index in [0.717, 1.165) is 19.6 Å². The van der Waals surface area contributed by atoms with Crippen LogP contribution >= 0.6 is 0 Å². The lowest BCUT2D eigenvalue weighted by Gasteiger charge is -2.40. The minimum absolute atomic E-state index is 0.390. The van der Waals surface area contributed by atoms with E-state index in [4.69, 9.17) is 9.47 Å². The monoisotopic (exact) mass is 214 g/mol. The molecule has 2 heteroatoms. The molecule has 0 radical (unpaired) electrons. The van der Waals surface area contributed by atoms with E-state index >= 15 is 0 Å². The van der Waals surface area contributed by atoms with Crippen molar-refractivity contribution < 1.29 is 9.47 Å². The highest BCUT2D eigenvalue weighted by molar-refractivity contribution is 4.84. The quantitative estimate of drug-likeness (QED) is 0.699. The first kappa shape index (κ1) is 13.0. The Kier molecular flexibility index (Phi) is 5.07. The van der Waals surface area contributed by atoms with Gasteiger partial charge in [0.1, 0.15) is 0 Å². The summed E-state index contributed by atoms with van der Waals surface area (Å²) in [7, 11) is 1.78. The highest BCUT2D eigenvalue weighted by atomic mass is 16.5. The van der Waals surface area contributed by atoms with E-state index < -0.39 is 0 Å². The Bertz CT molecular complexity index is 169. The molecule has 0 aliphatic carbocycles. The summed E-state index contributed by atoms with van der Waals surface area (Å²) in [6, 6.07) is 0. The fourth-order valence-electron chi connectivity index (χ4n) is 2.38. The predicted octanol–water partition coefficient (Wildman–Crippen LogP) is 3.25. The van der Waals surface area contributed by atoms with Gasteiger partial charge in [-0.1, -0.05) is 20.8 Å². The molecule has 90 valence electrons. The van der Waals surface area contributed by atoms with Gasteiger partial charge in [0.2, 0.25) is 0 Å². The molecule has 15 heavy (non-hydrogen) atoms. The molecule has 0 spiro atoms. The fourth-order valence-corrected chi connectivity index (χ4v) is 2.38. The van der Waals surface area contributed by atoms with Crippen molar-refractivity contribution in [3.05, 3.63) is 0 Å². The van der Waals surface area contributed by atoms with Crippen LogP contribution in [-0.2, 0) is 9.47 Å². The van der Waals surface area contributed by atoms with Crippen LogP contribution in [0.25, 0.3) is 0 Å². The molecule has 1 fully saturated rings. The Hall–Kier alpha value is -0.0800. The highest BCUT2D eigenvalue weighted by Crippen LogP contribution is 2.38. The van der Waals surface area contributed by atoms with Crippen molar-refractivity contribution in [1.82, 2.24) is 0 Å². The summed E-state index contributed by atoms with van der Waals surface area (Å²) in [5.74, 6) is 0.655. The van der Waals surface area contributed by atoms with Gasteiger partial charge in [0.05, 0.1) is 12.7 Å². The van der Waals surface area contributed by atoms with Crippen molar-refractivity contribution in [3.8, 4) is 0 Å². The maximum Gasteiger partial charge on any atom is 0.0598 e. The third-order valence-electron chi connectivity index (χ3n) is 3.89. The molecule has 0 aromatic heterocycles. The van der Waals surface area contributed by atoms with E-state index in [1.54, 1.807) is 7.11 Å². The SMILES string of the molecule is CCC1(CCOC)CC[C@@H](C(C)C)OC1. The molecule has 1 rings (SSSR count). The van der Waals surface area contributed by atoms with Crippen LogP contribution in [0, 0.1) is 11.3 Å². The summed E-state index contributed by atoms with van der Waals surface area (Å²) >= 11 is 0. The lowest BCUT2D eigenvalue weighted by Crippen LogP contribution is -2.38. The van der Waals surface area contributed by atoms with E-state index in [1.165, 1.54) is 19.3 Å². The summed E-state index contributed by atoms with van der Waals surface area (Å²) in [6.07, 6.45) is 5.35. The van der Waals surface area contributed by atoms with E-state index in [0.29, 0.717) is 17.4 Å². The van der Waals surface area contributed by atoms with E-state index in [-0.39, 0.29) is 0 Å². The van der Waals surface area contributed by atoms with Crippen LogP contribution in [0.3, 0.4) is 0 Å². The fraction of sp³-hybridized carbons (Fsp3) is 1.00. The second-order valence-corrected chi connectivity index (χ2v) is 5.23. The Labute approximate surface area is 94.3 Å². The normalized spacial score (nSPS) is 32.2. The number of hydrogen-bond acceptors (Lipinski definition) is 2. The highest BCUT2D eigenvalue weighted by Gasteiger charge is 2.34. The van der Waals surface area contributed by atoms with Crippen LogP contribution in [0.4, 0.5) is 0 Å². The number of hydrogen-bond donors (Lipinski definition) is 0. The maximum atomic E-state index is 5.99. The van der Waals surface area contributed by atoms with Gasteiger partial charge in [0.25, 0.3) is 0 Å². The van der Waals surface area contributed by atoms with Gasteiger partial charge >= 0.3 is 0 Å². The average molecular weight is 214 g/mol. The third kappa shape index (κ3) is 3.46. The average Bonchev–Trinajstić information content (AvgIpc) is 2.27. The largest absolute Gasteiger partial charge is 0.385 e. The maximum absolute atomic E-state index is 5.99. The first-order valence-electron chi connectivity index (χ1n) is 6.24. The number of methoxy groups -OCH3 is 1. The van der Waals surface area contributed by atoms with Crippen molar-refractivity contribution in [1.29, 1.82) is 0 Å². The van der Waals surface area contributed by atoms with Gasteiger partial charge in [-0.15, -0.1) is 0 Å². The Morgan fingerprint density at radius 1 is 1.47 bits per heavy atom. The molecule has 0 saturated carbocycles. The summed E-state index contributed by atoms with van der Waals surface area (Å²) in [5.41, 5.74) is 0.390. The molecule has 1 unspecified atom stereocenters. The lowest BCUT2D eigenvalue weighted by atomic mass is 9.75. The second-order valence-electron chi connectivity index (χ2n) is 5.23. The van der Waals surface area contributed by atoms with E-state index in [1.807, 2.05) is 0 Å². The smallest absolute Gasteiger partial charge is 0.0598 e. The summed E-state index contributed by atoms with van der Waals surface area (Å²) in [6.45, 7) is 8.56. The molecule has 1 saturated heterocycles. The van der Waals surface area contributed by atoms with Crippen molar-refractivity contribution in [3.63, 3.8) is 0 Å². The lowest BCUT2D eigenvalue weighted by molar-refractivity contribution is -0.0905. The zero-order valence-electron chi connectivity index (χ0n) is 10.7. The number of ether oxygens (including phenoxy) is 2. The van der Waals surface area contributed by atoms with Gasteiger partial charge in [-0.2, -0.15) is 0 Å². The van der Waals surface area contributed by atoms with Crippen molar-refractivity contribution in [2.24, 2.45) is 11.3 Å². The van der Waals surface area contributed by atoms with Crippen LogP contribution in [0.5, 0.6) is 0 Å². The Balaban J connectivity index is 2.43. The second kappa shape index (κ2) is 5.86. The first-order chi connectivity index (χ1) is 7.13. The van der Waals surface area contributed by atoms with Gasteiger partial charge in [-0.25, -0.2) is 0 Å². The molecule has 0 N–H and O–H groups in total. The van der Waals surface area contributed by atoms with E-state index in [2.05, 4.69) is 20.8 Å². The van der Waals surface area contributed by atoms with Gasteiger partial charge in [-0.05, 0) is 37.0 Å². The van der Waals surface area contributed by atoms with Crippen molar-refractivity contribution in [2.45, 2.75) is 52.6 Å². The van der Waals surface area contributed by atoms with Gasteiger partial charge in [0.15, 0.2) is 0 Å². The number of rotatable bonds is 5. The van der Waals surface area contributed by atoms with Crippen LogP contribution in [0.2, 0.25) is 0 Å². The molecule has 2 atom stereocenters. The molecular formula is C13H26O2. The van der Waals surface area contributed by atoms with Gasteiger partial charge < -0.3 is 9.47 Å². The van der Waals surface area contributed by atoms with Crippen LogP contribution < -0.4 is 0 Å². The Morgan fingerprint density at radius 3 is 2.60 bits per heavy atom. The molecular weight excluding hydrogens is 188 g/mol. The van der Waals surface area contributed by atoms with Crippen LogP contribution in [-0.4, -0.2) is 26.4 Å². The topological polar surface area (TPSA) is 18.5 Å². The predicted molar refractivity (Wildman–Crippen MR) is 63.0 cm³/mol. The molecule has 0 bridgehead atoms. The summed E-state index contributed by atoms with van der Waals surface area (Å²) in [4.78, 5) is 0. The molecule has 0 aromatic carbocycles. The zero-order valence-corrected chi connectivity index (χ0v) is 10.7. The summed E-state index contributed by atoms with van der Waals surface area (Å²) < 4.78 is 11.2. The third-order valence-corrected chi connectivity index (χ3v) is 3.89. The molecule has 1 aliphatic rings. The molecule has 0 amide bonds. The Morgan fingerprint density at radius 2 is 2.20 bits per heavy atom. The first-order valence-corrected chi connectivity index (χ1v) is 6.24. The van der Waals surface area contributed by atoms with Crippen LogP contribution in [0.1, 0.15) is 46.5 Å². The minimum Gasteiger partial charge on any atom is -0.385 e. The van der Waals surface area contributed by atoms with Crippen LogP contribution in [0.15, 0.2) is 0 Å². The zero-order chi connectivity index (χ0) is 11.3. The van der Waals surface area contributed by atoms with Gasteiger partial charge in [0, 0.05) is 13.7 Å². The molecule has 0 aromatic rings. The standard InChI is InChI=1S/C13H26O2/c1-5-13(8-9-14-4)7-6-12(11(2)3)15-10-13/h11-12H,5-10H2,1-4H3/t12-,13?/m0/s1. The minimum atomic E-state index is 0.390. The van der Waals surface area contributed by atoms with Crippen molar-refractivity contribution in [2.75, 3.05) is 20.3 Å². The van der Waals surface area contributed by atoms with E-state index in [9.17, 15) is 0 Å². The van der Waals surface area contributed by atoms with Gasteiger partial charge in [-0.3, -0.25) is 0 Å². The molecule has 1 aliphatic heterocycles. The van der Waals surface area contributed by atoms with Crippen molar-refractivity contribution >= 4 is 0 Å².